The van der Waals surface area contributed by atoms with E-state index in [4.69, 9.17) is 17.3 Å². The average Bonchev–Trinajstić information content (AvgIpc) is 2.97. The van der Waals surface area contributed by atoms with Gasteiger partial charge in [-0.05, 0) is 30.5 Å². The Labute approximate surface area is 88.7 Å². The van der Waals surface area contributed by atoms with E-state index >= 15 is 0 Å². The van der Waals surface area contributed by atoms with Crippen LogP contribution < -0.4 is 5.73 Å². The summed E-state index contributed by atoms with van der Waals surface area (Å²) < 4.78 is 0. The second-order valence-electron chi connectivity index (χ2n) is 4.02. The van der Waals surface area contributed by atoms with Crippen LogP contribution in [0.15, 0.2) is 24.3 Å². The van der Waals surface area contributed by atoms with Crippen LogP contribution in [0.2, 0.25) is 5.02 Å². The van der Waals surface area contributed by atoms with E-state index in [1.54, 1.807) is 6.07 Å². The minimum Gasteiger partial charge on any atom is -0.388 e. The third-order valence-corrected chi connectivity index (χ3v) is 3.28. The lowest BCUT2D eigenvalue weighted by molar-refractivity contribution is 0.0975. The first-order chi connectivity index (χ1) is 6.68. The minimum atomic E-state index is -0.466. The highest BCUT2D eigenvalue weighted by atomic mass is 35.5. The number of hydrogen-bond acceptors (Lipinski definition) is 2. The van der Waals surface area contributed by atoms with Crippen molar-refractivity contribution in [2.24, 2.45) is 11.1 Å². The normalized spacial score (nSPS) is 20.5. The summed E-state index contributed by atoms with van der Waals surface area (Å²) in [6.07, 6.45) is 1.56. The lowest BCUT2D eigenvalue weighted by Gasteiger charge is -2.20. The smallest absolute Gasteiger partial charge is 0.0858 e. The fourth-order valence-corrected chi connectivity index (χ4v) is 1.98. The molecule has 1 aromatic carbocycles. The van der Waals surface area contributed by atoms with Gasteiger partial charge in [-0.15, -0.1) is 0 Å². The summed E-state index contributed by atoms with van der Waals surface area (Å²) >= 11 is 5.86. The zero-order valence-electron chi connectivity index (χ0n) is 7.91. The van der Waals surface area contributed by atoms with E-state index in [1.807, 2.05) is 18.2 Å². The first kappa shape index (κ1) is 9.97. The summed E-state index contributed by atoms with van der Waals surface area (Å²) in [6, 6.07) is 7.36. The number of benzene rings is 1. The van der Waals surface area contributed by atoms with E-state index in [1.165, 1.54) is 0 Å². The first-order valence-corrected chi connectivity index (χ1v) is 5.19. The maximum atomic E-state index is 10.1. The van der Waals surface area contributed by atoms with E-state index in [0.717, 1.165) is 18.4 Å². The summed E-state index contributed by atoms with van der Waals surface area (Å²) in [5, 5.41) is 10.8. The van der Waals surface area contributed by atoms with Crippen LogP contribution in [-0.4, -0.2) is 11.7 Å². The van der Waals surface area contributed by atoms with E-state index in [9.17, 15) is 5.11 Å². The fraction of sp³-hybridized carbons (Fsp3) is 0.455. The van der Waals surface area contributed by atoms with Crippen LogP contribution in [0.5, 0.6) is 0 Å². The molecule has 0 bridgehead atoms. The van der Waals surface area contributed by atoms with Crippen molar-refractivity contribution in [3.63, 3.8) is 0 Å². The van der Waals surface area contributed by atoms with Crippen molar-refractivity contribution >= 4 is 11.6 Å². The van der Waals surface area contributed by atoms with E-state index in [2.05, 4.69) is 0 Å². The Morgan fingerprint density at radius 1 is 1.50 bits per heavy atom. The van der Waals surface area contributed by atoms with Crippen molar-refractivity contribution in [1.29, 1.82) is 0 Å². The van der Waals surface area contributed by atoms with E-state index < -0.39 is 6.10 Å². The van der Waals surface area contributed by atoms with Gasteiger partial charge >= 0.3 is 0 Å². The van der Waals surface area contributed by atoms with Crippen molar-refractivity contribution in [2.45, 2.75) is 18.9 Å². The maximum Gasteiger partial charge on any atom is 0.0858 e. The molecular weight excluding hydrogens is 198 g/mol. The van der Waals surface area contributed by atoms with Gasteiger partial charge in [0.2, 0.25) is 0 Å². The van der Waals surface area contributed by atoms with Crippen molar-refractivity contribution in [2.75, 3.05) is 6.54 Å². The molecule has 0 saturated heterocycles. The van der Waals surface area contributed by atoms with Crippen molar-refractivity contribution in [1.82, 2.24) is 0 Å². The quantitative estimate of drug-likeness (QED) is 0.805. The van der Waals surface area contributed by atoms with E-state index in [-0.39, 0.29) is 5.41 Å². The summed E-state index contributed by atoms with van der Waals surface area (Å²) in [5.41, 5.74) is 6.45. The van der Waals surface area contributed by atoms with Crippen molar-refractivity contribution in [3.05, 3.63) is 34.9 Å². The van der Waals surface area contributed by atoms with Crippen LogP contribution >= 0.6 is 11.6 Å². The fourth-order valence-electron chi connectivity index (χ4n) is 1.78. The lowest BCUT2D eigenvalue weighted by Crippen LogP contribution is -2.23. The Kier molecular flexibility index (Phi) is 2.52. The zero-order valence-corrected chi connectivity index (χ0v) is 8.67. The summed E-state index contributed by atoms with van der Waals surface area (Å²) in [4.78, 5) is 0. The van der Waals surface area contributed by atoms with Crippen LogP contribution in [0.4, 0.5) is 0 Å². The molecule has 0 aromatic heterocycles. The van der Waals surface area contributed by atoms with Gasteiger partial charge in [0.1, 0.15) is 0 Å². The number of halogens is 1. The molecular formula is C11H14ClNO. The second kappa shape index (κ2) is 3.54. The molecule has 3 N–H and O–H groups in total. The van der Waals surface area contributed by atoms with Gasteiger partial charge < -0.3 is 10.8 Å². The summed E-state index contributed by atoms with van der Waals surface area (Å²) in [6.45, 7) is 0.542. The highest BCUT2D eigenvalue weighted by molar-refractivity contribution is 6.30. The standard InChI is InChI=1S/C11H14ClNO/c12-9-3-1-2-8(6-9)10(14)11(7-13)4-5-11/h1-3,6,10,14H,4-5,7,13H2. The first-order valence-electron chi connectivity index (χ1n) is 4.81. The second-order valence-corrected chi connectivity index (χ2v) is 4.46. The highest BCUT2D eigenvalue weighted by Crippen LogP contribution is 2.54. The molecule has 0 heterocycles. The third kappa shape index (κ3) is 1.65. The van der Waals surface area contributed by atoms with Crippen LogP contribution in [0.3, 0.4) is 0 Å². The molecule has 1 saturated carbocycles. The molecule has 1 aliphatic carbocycles. The molecule has 76 valence electrons. The molecule has 2 nitrogen and oxygen atoms in total. The molecule has 0 radical (unpaired) electrons. The molecule has 0 aliphatic heterocycles. The largest absolute Gasteiger partial charge is 0.388 e. The maximum absolute atomic E-state index is 10.1. The van der Waals surface area contributed by atoms with Crippen LogP contribution in [0.25, 0.3) is 0 Å². The number of aliphatic hydroxyl groups excluding tert-OH is 1. The summed E-state index contributed by atoms with van der Waals surface area (Å²) in [7, 11) is 0. The SMILES string of the molecule is NCC1(C(O)c2cccc(Cl)c2)CC1. The van der Waals surface area contributed by atoms with Gasteiger partial charge in [0.25, 0.3) is 0 Å². The van der Waals surface area contributed by atoms with Gasteiger partial charge in [-0.1, -0.05) is 23.7 Å². The Morgan fingerprint density at radius 2 is 2.21 bits per heavy atom. The molecule has 1 fully saturated rings. The number of aliphatic hydroxyl groups is 1. The predicted octanol–water partition coefficient (Wildman–Crippen LogP) is 2.11. The molecule has 2 rings (SSSR count). The monoisotopic (exact) mass is 211 g/mol. The molecule has 1 aromatic rings. The molecule has 1 unspecified atom stereocenters. The number of nitrogens with two attached hydrogens (primary N) is 1. The van der Waals surface area contributed by atoms with Gasteiger partial charge in [-0.2, -0.15) is 0 Å². The van der Waals surface area contributed by atoms with Crippen LogP contribution in [-0.2, 0) is 0 Å². The molecule has 1 aliphatic rings. The molecule has 0 amide bonds. The van der Waals surface area contributed by atoms with Gasteiger partial charge in [-0.25, -0.2) is 0 Å². The predicted molar refractivity (Wildman–Crippen MR) is 57.1 cm³/mol. The Balaban J connectivity index is 2.23. The molecule has 3 heteroatoms. The Hall–Kier alpha value is -0.570. The van der Waals surface area contributed by atoms with Gasteiger partial charge in [0.05, 0.1) is 6.10 Å². The summed E-state index contributed by atoms with van der Waals surface area (Å²) in [5.74, 6) is 0. The van der Waals surface area contributed by atoms with Crippen molar-refractivity contribution < 1.29 is 5.11 Å². The number of hydrogen-bond donors (Lipinski definition) is 2. The van der Waals surface area contributed by atoms with Crippen LogP contribution in [0, 0.1) is 5.41 Å². The lowest BCUT2D eigenvalue weighted by atomic mass is 9.93. The number of rotatable bonds is 3. The molecule has 0 spiro atoms. The molecule has 14 heavy (non-hydrogen) atoms. The Morgan fingerprint density at radius 3 is 2.71 bits per heavy atom. The van der Waals surface area contributed by atoms with Gasteiger partial charge in [-0.3, -0.25) is 0 Å². The third-order valence-electron chi connectivity index (χ3n) is 3.04. The topological polar surface area (TPSA) is 46.2 Å². The minimum absolute atomic E-state index is 0.0787. The Bertz CT molecular complexity index is 336. The van der Waals surface area contributed by atoms with Gasteiger partial charge in [0.15, 0.2) is 0 Å². The highest BCUT2D eigenvalue weighted by Gasteiger charge is 2.48. The zero-order chi connectivity index (χ0) is 10.2. The van der Waals surface area contributed by atoms with Gasteiger partial charge in [0, 0.05) is 17.0 Å². The van der Waals surface area contributed by atoms with Crippen LogP contribution in [0.1, 0.15) is 24.5 Å². The van der Waals surface area contributed by atoms with Crippen molar-refractivity contribution in [3.8, 4) is 0 Å². The average molecular weight is 212 g/mol. The molecule has 1 atom stereocenters. The van der Waals surface area contributed by atoms with E-state index in [0.29, 0.717) is 11.6 Å².